The second kappa shape index (κ2) is 8.18. The number of aromatic nitrogens is 1. The van der Waals surface area contributed by atoms with E-state index in [0.717, 1.165) is 5.56 Å². The lowest BCUT2D eigenvalue weighted by Gasteiger charge is -2.13. The molecule has 1 aromatic heterocycles. The van der Waals surface area contributed by atoms with Gasteiger partial charge in [-0.05, 0) is 30.7 Å². The summed E-state index contributed by atoms with van der Waals surface area (Å²) in [6.07, 6.45) is 1.47. The maximum atomic E-state index is 12.1. The van der Waals surface area contributed by atoms with Crippen molar-refractivity contribution < 1.29 is 19.1 Å². The molecule has 0 bridgehead atoms. The first-order valence-electron chi connectivity index (χ1n) is 7.82. The summed E-state index contributed by atoms with van der Waals surface area (Å²) in [5.74, 6) is -0.876. The number of nitriles is 1. The lowest BCUT2D eigenvalue weighted by Crippen LogP contribution is -2.27. The molecule has 0 saturated heterocycles. The van der Waals surface area contributed by atoms with Crippen LogP contribution in [0.5, 0.6) is 0 Å². The second-order valence-corrected chi connectivity index (χ2v) is 5.53. The number of benzene rings is 1. The standard InChI is InChI=1S/C18H20N4O4/c1-11-8-12(17(23)21-6-7-25-2)4-5-14(11)22-10-13(9-19)15(20)16(22)18(24)26-3/h4-5,8,10H,6-7,20H2,1-3H3,(H,21,23). The fourth-order valence-corrected chi connectivity index (χ4v) is 2.54. The van der Waals surface area contributed by atoms with Gasteiger partial charge in [-0.3, -0.25) is 4.79 Å². The number of methoxy groups -OCH3 is 2. The zero-order valence-electron chi connectivity index (χ0n) is 14.8. The number of nitrogens with two attached hydrogens (primary N) is 1. The molecule has 8 heteroatoms. The van der Waals surface area contributed by atoms with E-state index in [1.165, 1.54) is 17.9 Å². The van der Waals surface area contributed by atoms with Gasteiger partial charge in [0.25, 0.3) is 5.91 Å². The van der Waals surface area contributed by atoms with Gasteiger partial charge in [0.05, 0.1) is 25.0 Å². The van der Waals surface area contributed by atoms with E-state index in [2.05, 4.69) is 5.32 Å². The van der Waals surface area contributed by atoms with Crippen LogP contribution in [0, 0.1) is 18.3 Å². The molecule has 1 heterocycles. The number of nitrogens with one attached hydrogen (secondary N) is 1. The summed E-state index contributed by atoms with van der Waals surface area (Å²) in [6, 6.07) is 6.97. The molecule has 0 radical (unpaired) electrons. The van der Waals surface area contributed by atoms with Gasteiger partial charge in [-0.15, -0.1) is 0 Å². The topological polar surface area (TPSA) is 119 Å². The van der Waals surface area contributed by atoms with Gasteiger partial charge in [-0.1, -0.05) is 0 Å². The van der Waals surface area contributed by atoms with Crippen molar-refractivity contribution in [2.75, 3.05) is 33.1 Å². The fraction of sp³-hybridized carbons (Fsp3) is 0.278. The van der Waals surface area contributed by atoms with Crippen LogP contribution in [0.1, 0.15) is 32.0 Å². The average molecular weight is 356 g/mol. The highest BCUT2D eigenvalue weighted by atomic mass is 16.5. The van der Waals surface area contributed by atoms with Crippen molar-refractivity contribution in [2.24, 2.45) is 0 Å². The summed E-state index contributed by atoms with van der Waals surface area (Å²) in [4.78, 5) is 24.2. The van der Waals surface area contributed by atoms with Gasteiger partial charge in [0.2, 0.25) is 0 Å². The largest absolute Gasteiger partial charge is 0.464 e. The van der Waals surface area contributed by atoms with Crippen LogP contribution in [0.25, 0.3) is 5.69 Å². The summed E-state index contributed by atoms with van der Waals surface area (Å²) in [6.45, 7) is 2.62. The molecular weight excluding hydrogens is 336 g/mol. The monoisotopic (exact) mass is 356 g/mol. The highest BCUT2D eigenvalue weighted by Crippen LogP contribution is 2.26. The molecule has 0 unspecified atom stereocenters. The fourth-order valence-electron chi connectivity index (χ4n) is 2.54. The lowest BCUT2D eigenvalue weighted by molar-refractivity contribution is 0.0592. The number of hydrogen-bond acceptors (Lipinski definition) is 6. The van der Waals surface area contributed by atoms with Gasteiger partial charge in [0.1, 0.15) is 6.07 Å². The summed E-state index contributed by atoms with van der Waals surface area (Å²) in [7, 11) is 2.80. The molecule has 0 spiro atoms. The number of nitrogens with zero attached hydrogens (tertiary/aromatic N) is 2. The Balaban J connectivity index is 2.43. The number of anilines is 1. The third-order valence-corrected chi connectivity index (χ3v) is 3.85. The predicted molar refractivity (Wildman–Crippen MR) is 95.2 cm³/mol. The average Bonchev–Trinajstić information content (AvgIpc) is 2.97. The molecule has 0 aliphatic carbocycles. The lowest BCUT2D eigenvalue weighted by atomic mass is 10.1. The zero-order chi connectivity index (χ0) is 19.3. The van der Waals surface area contributed by atoms with Crippen LogP contribution in [0.4, 0.5) is 5.69 Å². The van der Waals surface area contributed by atoms with Crippen molar-refractivity contribution in [3.63, 3.8) is 0 Å². The van der Waals surface area contributed by atoms with E-state index in [1.54, 1.807) is 32.2 Å². The smallest absolute Gasteiger partial charge is 0.357 e. The van der Waals surface area contributed by atoms with Crippen molar-refractivity contribution in [1.29, 1.82) is 5.26 Å². The number of aryl methyl sites for hydroxylation is 1. The molecule has 8 nitrogen and oxygen atoms in total. The van der Waals surface area contributed by atoms with Gasteiger partial charge in [-0.2, -0.15) is 5.26 Å². The minimum atomic E-state index is -0.648. The highest BCUT2D eigenvalue weighted by molar-refractivity contribution is 5.97. The Morgan fingerprint density at radius 2 is 2.08 bits per heavy atom. The van der Waals surface area contributed by atoms with E-state index in [-0.39, 0.29) is 22.9 Å². The van der Waals surface area contributed by atoms with Gasteiger partial charge in [0, 0.05) is 31.1 Å². The number of esters is 1. The number of nitrogen functional groups attached to an aromatic ring is 1. The first-order chi connectivity index (χ1) is 12.4. The van der Waals surface area contributed by atoms with E-state index in [1.807, 2.05) is 6.07 Å². The normalized spacial score (nSPS) is 10.2. The molecule has 3 N–H and O–H groups in total. The van der Waals surface area contributed by atoms with Crippen LogP contribution in [-0.2, 0) is 9.47 Å². The van der Waals surface area contributed by atoms with Crippen molar-refractivity contribution in [3.8, 4) is 11.8 Å². The SMILES string of the molecule is COCCNC(=O)c1ccc(-n2cc(C#N)c(N)c2C(=O)OC)c(C)c1. The molecule has 2 rings (SSSR count). The summed E-state index contributed by atoms with van der Waals surface area (Å²) >= 11 is 0. The van der Waals surface area contributed by atoms with Crippen molar-refractivity contribution in [3.05, 3.63) is 46.8 Å². The Hall–Kier alpha value is -3.31. The molecule has 26 heavy (non-hydrogen) atoms. The second-order valence-electron chi connectivity index (χ2n) is 5.53. The van der Waals surface area contributed by atoms with Gasteiger partial charge in [0.15, 0.2) is 5.69 Å². The van der Waals surface area contributed by atoms with E-state index >= 15 is 0 Å². The Kier molecular flexibility index (Phi) is 5.98. The van der Waals surface area contributed by atoms with Crippen molar-refractivity contribution >= 4 is 17.6 Å². The maximum absolute atomic E-state index is 12.1. The first kappa shape index (κ1) is 19.0. The number of hydrogen-bond donors (Lipinski definition) is 2. The highest BCUT2D eigenvalue weighted by Gasteiger charge is 2.22. The van der Waals surface area contributed by atoms with Crippen LogP contribution in [-0.4, -0.2) is 43.8 Å². The molecule has 1 amide bonds. The third-order valence-electron chi connectivity index (χ3n) is 3.85. The van der Waals surface area contributed by atoms with E-state index < -0.39 is 5.97 Å². The molecule has 2 aromatic rings. The maximum Gasteiger partial charge on any atom is 0.357 e. The Labute approximate surface area is 151 Å². The van der Waals surface area contributed by atoms with Crippen LogP contribution >= 0.6 is 0 Å². The quantitative estimate of drug-likeness (QED) is 0.596. The summed E-state index contributed by atoms with van der Waals surface area (Å²) < 4.78 is 11.2. The Morgan fingerprint density at radius 1 is 1.35 bits per heavy atom. The van der Waals surface area contributed by atoms with Gasteiger partial charge < -0.3 is 25.1 Å². The summed E-state index contributed by atoms with van der Waals surface area (Å²) in [5, 5.41) is 11.9. The summed E-state index contributed by atoms with van der Waals surface area (Å²) in [5.41, 5.74) is 8.03. The third kappa shape index (κ3) is 3.68. The molecule has 0 aliphatic heterocycles. The van der Waals surface area contributed by atoms with Gasteiger partial charge >= 0.3 is 5.97 Å². The van der Waals surface area contributed by atoms with Crippen LogP contribution in [0.3, 0.4) is 0 Å². The van der Waals surface area contributed by atoms with Crippen molar-refractivity contribution in [1.82, 2.24) is 9.88 Å². The van der Waals surface area contributed by atoms with Crippen molar-refractivity contribution in [2.45, 2.75) is 6.92 Å². The van der Waals surface area contributed by atoms with E-state index in [9.17, 15) is 14.9 Å². The molecule has 0 atom stereocenters. The first-order valence-corrected chi connectivity index (χ1v) is 7.82. The van der Waals surface area contributed by atoms with Gasteiger partial charge in [-0.25, -0.2) is 4.79 Å². The molecule has 1 aromatic carbocycles. The molecule has 0 aliphatic rings. The van der Waals surface area contributed by atoms with Crippen LogP contribution in [0.2, 0.25) is 0 Å². The van der Waals surface area contributed by atoms with Crippen LogP contribution < -0.4 is 11.1 Å². The number of rotatable bonds is 6. The number of amides is 1. The minimum absolute atomic E-state index is 0.0557. The predicted octanol–water partition coefficient (Wildman–Crippen LogP) is 1.40. The van der Waals surface area contributed by atoms with E-state index in [0.29, 0.717) is 24.4 Å². The number of ether oxygens (including phenoxy) is 2. The molecular formula is C18H20N4O4. The molecule has 0 fully saturated rings. The number of carbonyl (C=O) groups excluding carboxylic acids is 2. The Morgan fingerprint density at radius 3 is 2.65 bits per heavy atom. The van der Waals surface area contributed by atoms with Crippen LogP contribution in [0.15, 0.2) is 24.4 Å². The zero-order valence-corrected chi connectivity index (χ0v) is 14.8. The number of carbonyl (C=O) groups is 2. The Bertz CT molecular complexity index is 880. The minimum Gasteiger partial charge on any atom is -0.464 e. The van der Waals surface area contributed by atoms with E-state index in [4.69, 9.17) is 15.2 Å². The molecule has 136 valence electrons. The molecule has 0 saturated carbocycles.